The average Bonchev–Trinajstić information content (AvgIpc) is 2.54. The molecule has 1 amide bonds. The molecule has 2 aromatic rings. The van der Waals surface area contributed by atoms with Gasteiger partial charge in [-0.3, -0.25) is 4.79 Å². The number of rotatable bonds is 4. The Bertz CT molecular complexity index is 717. The van der Waals surface area contributed by atoms with E-state index >= 15 is 0 Å². The molecule has 6 nitrogen and oxygen atoms in total. The minimum atomic E-state index is 0.0323. The van der Waals surface area contributed by atoms with E-state index in [0.29, 0.717) is 12.5 Å². The highest BCUT2D eigenvalue weighted by atomic mass is 16.2. The predicted octanol–water partition coefficient (Wildman–Crippen LogP) is 1.40. The molecule has 0 spiro atoms. The van der Waals surface area contributed by atoms with Crippen LogP contribution < -0.4 is 15.1 Å². The minimum absolute atomic E-state index is 0.0323. The zero-order valence-electron chi connectivity index (χ0n) is 14.4. The number of benzene rings is 1. The highest BCUT2D eigenvalue weighted by Gasteiger charge is 2.26. The van der Waals surface area contributed by atoms with Crippen LogP contribution in [0.2, 0.25) is 0 Å². The summed E-state index contributed by atoms with van der Waals surface area (Å²) in [6.07, 6.45) is 0.813. The van der Waals surface area contributed by atoms with E-state index in [1.807, 2.05) is 55.1 Å². The van der Waals surface area contributed by atoms with E-state index in [4.69, 9.17) is 0 Å². The maximum atomic E-state index is 12.1. The lowest BCUT2D eigenvalue weighted by molar-refractivity contribution is -0.121. The molecule has 6 heteroatoms. The first kappa shape index (κ1) is 16.2. The summed E-state index contributed by atoms with van der Waals surface area (Å²) in [5, 5.41) is 3.08. The van der Waals surface area contributed by atoms with Gasteiger partial charge in [0.1, 0.15) is 5.82 Å². The van der Waals surface area contributed by atoms with Crippen LogP contribution in [0.4, 0.5) is 11.8 Å². The van der Waals surface area contributed by atoms with Gasteiger partial charge < -0.3 is 15.1 Å². The molecule has 0 radical (unpaired) electrons. The number of nitrogens with zero attached hydrogens (tertiary/aromatic N) is 4. The number of aromatic nitrogens is 2. The lowest BCUT2D eigenvalue weighted by Crippen LogP contribution is -2.55. The van der Waals surface area contributed by atoms with Crippen LogP contribution in [-0.2, 0) is 11.2 Å². The van der Waals surface area contributed by atoms with Crippen molar-refractivity contribution >= 4 is 17.7 Å². The van der Waals surface area contributed by atoms with Crippen molar-refractivity contribution in [1.82, 2.24) is 15.3 Å². The number of hydrogen-bond donors (Lipinski definition) is 1. The van der Waals surface area contributed by atoms with Crippen LogP contribution in [0.3, 0.4) is 0 Å². The monoisotopic (exact) mass is 325 g/mol. The Morgan fingerprint density at radius 2 is 2.00 bits per heavy atom. The smallest absolute Gasteiger partial charge is 0.239 e. The van der Waals surface area contributed by atoms with E-state index in [0.717, 1.165) is 24.5 Å². The number of amides is 1. The maximum absolute atomic E-state index is 12.1. The van der Waals surface area contributed by atoms with Gasteiger partial charge in [0.25, 0.3) is 0 Å². The fraction of sp³-hybridized carbons (Fsp3) is 0.389. The van der Waals surface area contributed by atoms with Gasteiger partial charge in [0.2, 0.25) is 11.9 Å². The van der Waals surface area contributed by atoms with Gasteiger partial charge in [-0.05, 0) is 18.9 Å². The van der Waals surface area contributed by atoms with Gasteiger partial charge in [0.05, 0.1) is 12.6 Å². The van der Waals surface area contributed by atoms with Gasteiger partial charge in [-0.1, -0.05) is 30.3 Å². The van der Waals surface area contributed by atoms with E-state index < -0.39 is 0 Å². The van der Waals surface area contributed by atoms with Crippen LogP contribution in [0.15, 0.2) is 36.4 Å². The zero-order valence-corrected chi connectivity index (χ0v) is 14.4. The Morgan fingerprint density at radius 3 is 2.71 bits per heavy atom. The number of hydrogen-bond acceptors (Lipinski definition) is 5. The van der Waals surface area contributed by atoms with Gasteiger partial charge in [-0.25, -0.2) is 4.98 Å². The molecule has 1 aromatic carbocycles. The largest absolute Gasteiger partial charge is 0.350 e. The molecule has 0 unspecified atom stereocenters. The highest BCUT2D eigenvalue weighted by molar-refractivity contribution is 5.82. The molecule has 1 aliphatic heterocycles. The van der Waals surface area contributed by atoms with Gasteiger partial charge in [0.15, 0.2) is 0 Å². The molecule has 1 N–H and O–H groups in total. The van der Waals surface area contributed by atoms with Crippen molar-refractivity contribution in [3.63, 3.8) is 0 Å². The molecule has 126 valence electrons. The molecule has 2 heterocycles. The number of anilines is 2. The second-order valence-electron chi connectivity index (χ2n) is 6.40. The standard InChI is InChI=1S/C18H23N5O/c1-13-9-16(21-18(19-13)22(2)3)23-11-15(20-17(24)12-23)10-14-7-5-4-6-8-14/h4-9,15H,10-12H2,1-3H3,(H,20,24)/t15-/m0/s1. The number of carbonyl (C=O) groups excluding carboxylic acids is 1. The Labute approximate surface area is 142 Å². The van der Waals surface area contributed by atoms with E-state index in [-0.39, 0.29) is 11.9 Å². The number of aryl methyl sites for hydroxylation is 1. The Kier molecular flexibility index (Phi) is 4.64. The molecular weight excluding hydrogens is 302 g/mol. The fourth-order valence-corrected chi connectivity index (χ4v) is 2.91. The molecule has 1 aromatic heterocycles. The van der Waals surface area contributed by atoms with Crippen LogP contribution >= 0.6 is 0 Å². The molecule has 0 aliphatic carbocycles. The second-order valence-corrected chi connectivity index (χ2v) is 6.40. The summed E-state index contributed by atoms with van der Waals surface area (Å²) >= 11 is 0. The lowest BCUT2D eigenvalue weighted by atomic mass is 10.0. The second kappa shape index (κ2) is 6.86. The third-order valence-corrected chi connectivity index (χ3v) is 4.02. The van der Waals surface area contributed by atoms with Crippen LogP contribution in [0, 0.1) is 6.92 Å². The first-order chi connectivity index (χ1) is 11.5. The van der Waals surface area contributed by atoms with Crippen molar-refractivity contribution in [3.8, 4) is 0 Å². The van der Waals surface area contributed by atoms with Crippen molar-refractivity contribution in [2.75, 3.05) is 37.0 Å². The number of nitrogens with one attached hydrogen (secondary N) is 1. The van der Waals surface area contributed by atoms with E-state index in [2.05, 4.69) is 27.4 Å². The Hall–Kier alpha value is -2.63. The summed E-state index contributed by atoms with van der Waals surface area (Å²) in [6.45, 7) is 3.02. The first-order valence-corrected chi connectivity index (χ1v) is 8.12. The van der Waals surface area contributed by atoms with Crippen molar-refractivity contribution in [3.05, 3.63) is 47.7 Å². The van der Waals surface area contributed by atoms with Crippen LogP contribution in [0.25, 0.3) is 0 Å². The third-order valence-electron chi connectivity index (χ3n) is 4.02. The topological polar surface area (TPSA) is 61.4 Å². The summed E-state index contributed by atoms with van der Waals surface area (Å²) in [5.74, 6) is 1.50. The summed E-state index contributed by atoms with van der Waals surface area (Å²) in [7, 11) is 3.83. The molecule has 0 saturated carbocycles. The maximum Gasteiger partial charge on any atom is 0.239 e. The molecule has 0 bridgehead atoms. The van der Waals surface area contributed by atoms with Gasteiger partial charge >= 0.3 is 0 Å². The van der Waals surface area contributed by atoms with E-state index in [1.165, 1.54) is 5.56 Å². The summed E-state index contributed by atoms with van der Waals surface area (Å²) < 4.78 is 0. The average molecular weight is 325 g/mol. The van der Waals surface area contributed by atoms with E-state index in [1.54, 1.807) is 0 Å². The Balaban J connectivity index is 1.79. The molecule has 1 saturated heterocycles. The van der Waals surface area contributed by atoms with Gasteiger partial charge in [-0.15, -0.1) is 0 Å². The van der Waals surface area contributed by atoms with Crippen molar-refractivity contribution < 1.29 is 4.79 Å². The van der Waals surface area contributed by atoms with Gasteiger partial charge in [-0.2, -0.15) is 4.98 Å². The Morgan fingerprint density at radius 1 is 1.25 bits per heavy atom. The molecule has 1 atom stereocenters. The van der Waals surface area contributed by atoms with Gasteiger partial charge in [0, 0.05) is 32.4 Å². The van der Waals surface area contributed by atoms with Crippen LogP contribution in [-0.4, -0.2) is 49.1 Å². The molecular formula is C18H23N5O. The fourth-order valence-electron chi connectivity index (χ4n) is 2.91. The minimum Gasteiger partial charge on any atom is -0.350 e. The molecule has 24 heavy (non-hydrogen) atoms. The normalized spacial score (nSPS) is 17.5. The predicted molar refractivity (Wildman–Crippen MR) is 95.4 cm³/mol. The van der Waals surface area contributed by atoms with Crippen molar-refractivity contribution in [1.29, 1.82) is 0 Å². The summed E-state index contributed by atoms with van der Waals surface area (Å²) in [6, 6.07) is 12.2. The van der Waals surface area contributed by atoms with Crippen LogP contribution in [0.5, 0.6) is 0 Å². The highest BCUT2D eigenvalue weighted by Crippen LogP contribution is 2.19. The first-order valence-electron chi connectivity index (χ1n) is 8.12. The number of carbonyl (C=O) groups is 1. The summed E-state index contributed by atoms with van der Waals surface area (Å²) in [4.78, 5) is 25.1. The summed E-state index contributed by atoms with van der Waals surface area (Å²) in [5.41, 5.74) is 2.12. The number of piperazine rings is 1. The van der Waals surface area contributed by atoms with E-state index in [9.17, 15) is 4.79 Å². The molecule has 3 rings (SSSR count). The lowest BCUT2D eigenvalue weighted by Gasteiger charge is -2.34. The third kappa shape index (κ3) is 3.82. The van der Waals surface area contributed by atoms with Crippen molar-refractivity contribution in [2.45, 2.75) is 19.4 Å². The molecule has 1 aliphatic rings. The molecule has 1 fully saturated rings. The van der Waals surface area contributed by atoms with Crippen molar-refractivity contribution in [2.24, 2.45) is 0 Å². The SMILES string of the molecule is Cc1cc(N2CC(=O)N[C@@H](Cc3ccccc3)C2)nc(N(C)C)n1. The quantitative estimate of drug-likeness (QED) is 0.921. The van der Waals surface area contributed by atoms with Crippen LogP contribution in [0.1, 0.15) is 11.3 Å². The zero-order chi connectivity index (χ0) is 17.1.